The van der Waals surface area contributed by atoms with Crippen LogP contribution in [0.4, 0.5) is 17.1 Å². The number of benzene rings is 9. The number of anilines is 3. The van der Waals surface area contributed by atoms with Crippen LogP contribution in [-0.2, 0) is 5.41 Å². The van der Waals surface area contributed by atoms with Crippen molar-refractivity contribution in [3.8, 4) is 66.8 Å². The van der Waals surface area contributed by atoms with E-state index in [0.717, 1.165) is 17.1 Å². The molecule has 1 heteroatoms. The first-order valence-corrected chi connectivity index (χ1v) is 20.2. The molecule has 58 heavy (non-hydrogen) atoms. The fraction of sp³-hybridized carbons (Fsp3) is 0.0526. The van der Waals surface area contributed by atoms with E-state index < -0.39 is 0 Å². The maximum Gasteiger partial charge on any atom is 0.0546 e. The predicted molar refractivity (Wildman–Crippen MR) is 246 cm³/mol. The van der Waals surface area contributed by atoms with Crippen molar-refractivity contribution in [2.75, 3.05) is 4.90 Å². The van der Waals surface area contributed by atoms with Gasteiger partial charge in [0.15, 0.2) is 0 Å². The summed E-state index contributed by atoms with van der Waals surface area (Å²) in [7, 11) is 0. The number of fused-ring (bicyclic) bond motifs is 3. The van der Waals surface area contributed by atoms with Crippen molar-refractivity contribution >= 4 is 17.1 Å². The van der Waals surface area contributed by atoms with Crippen LogP contribution in [0.25, 0.3) is 66.8 Å². The largest absolute Gasteiger partial charge is 0.310 e. The molecule has 9 aromatic rings. The molecule has 0 saturated heterocycles. The lowest BCUT2D eigenvalue weighted by Crippen LogP contribution is -2.18. The highest BCUT2D eigenvalue weighted by Gasteiger charge is 2.38. The molecule has 0 bridgehead atoms. The molecule has 0 spiro atoms. The Labute approximate surface area is 342 Å². The normalized spacial score (nSPS) is 12.4. The van der Waals surface area contributed by atoms with Gasteiger partial charge in [0.05, 0.1) is 5.69 Å². The number of rotatable bonds is 8. The molecule has 0 heterocycles. The van der Waals surface area contributed by atoms with E-state index in [4.69, 9.17) is 0 Å². The van der Waals surface area contributed by atoms with E-state index in [1.807, 2.05) is 0 Å². The molecule has 0 saturated carbocycles. The summed E-state index contributed by atoms with van der Waals surface area (Å²) < 4.78 is 0. The van der Waals surface area contributed by atoms with Crippen molar-refractivity contribution in [3.63, 3.8) is 0 Å². The topological polar surface area (TPSA) is 3.24 Å². The minimum absolute atomic E-state index is 0.232. The van der Waals surface area contributed by atoms with Gasteiger partial charge in [0.2, 0.25) is 0 Å². The van der Waals surface area contributed by atoms with Crippen LogP contribution in [0.5, 0.6) is 0 Å². The van der Waals surface area contributed by atoms with E-state index in [1.165, 1.54) is 77.9 Å². The van der Waals surface area contributed by atoms with Gasteiger partial charge in [0, 0.05) is 22.4 Å². The average molecular weight is 742 g/mol. The summed E-state index contributed by atoms with van der Waals surface area (Å²) in [5.41, 5.74) is 20.5. The molecule has 9 aromatic carbocycles. The highest BCUT2D eigenvalue weighted by molar-refractivity contribution is 6.01. The summed E-state index contributed by atoms with van der Waals surface area (Å²) in [4.78, 5) is 2.48. The maximum atomic E-state index is 2.48. The molecular weight excluding hydrogens is 699 g/mol. The highest BCUT2D eigenvalue weighted by atomic mass is 15.1. The van der Waals surface area contributed by atoms with E-state index in [0.29, 0.717) is 0 Å². The van der Waals surface area contributed by atoms with Crippen molar-refractivity contribution in [1.29, 1.82) is 0 Å². The molecule has 1 aliphatic carbocycles. The summed E-state index contributed by atoms with van der Waals surface area (Å²) >= 11 is 0. The van der Waals surface area contributed by atoms with Gasteiger partial charge < -0.3 is 4.90 Å². The van der Waals surface area contributed by atoms with Crippen molar-refractivity contribution < 1.29 is 0 Å². The first kappa shape index (κ1) is 35.2. The van der Waals surface area contributed by atoms with Gasteiger partial charge in [-0.15, -0.1) is 0 Å². The van der Waals surface area contributed by atoms with Gasteiger partial charge in [-0.1, -0.05) is 208 Å². The molecule has 1 nitrogen and oxygen atoms in total. The molecule has 0 radical (unpaired) electrons. The molecule has 0 unspecified atom stereocenters. The van der Waals surface area contributed by atoms with Crippen LogP contribution in [0.15, 0.2) is 224 Å². The van der Waals surface area contributed by atoms with Gasteiger partial charge in [-0.25, -0.2) is 0 Å². The van der Waals surface area contributed by atoms with Crippen molar-refractivity contribution in [2.24, 2.45) is 0 Å². The molecule has 0 atom stereocenters. The zero-order valence-corrected chi connectivity index (χ0v) is 32.8. The van der Waals surface area contributed by atoms with Gasteiger partial charge in [-0.3, -0.25) is 0 Å². The molecule has 0 aliphatic heterocycles. The van der Waals surface area contributed by atoms with E-state index in [2.05, 4.69) is 243 Å². The zero-order valence-electron chi connectivity index (χ0n) is 32.8. The smallest absolute Gasteiger partial charge is 0.0546 e. The van der Waals surface area contributed by atoms with Gasteiger partial charge >= 0.3 is 0 Å². The fourth-order valence-corrected chi connectivity index (χ4v) is 9.17. The van der Waals surface area contributed by atoms with E-state index >= 15 is 0 Å². The molecule has 1 aliphatic rings. The third-order valence-electron chi connectivity index (χ3n) is 11.9. The SMILES string of the molecule is CC1(C)c2cc(N(c3ccc(-c4ccccc4)cc3)c3cccc(-c4ccccc4)c3-c3ccccc3-c3ccccc3)ccc2-c2cccc(-c3ccccc3)c21. The van der Waals surface area contributed by atoms with Gasteiger partial charge in [0.25, 0.3) is 0 Å². The zero-order chi connectivity index (χ0) is 39.1. The van der Waals surface area contributed by atoms with Crippen LogP contribution in [0, 0.1) is 0 Å². The van der Waals surface area contributed by atoms with Crippen LogP contribution in [0.3, 0.4) is 0 Å². The van der Waals surface area contributed by atoms with Crippen molar-refractivity contribution in [3.05, 3.63) is 236 Å². The monoisotopic (exact) mass is 741 g/mol. The Morgan fingerprint density at radius 3 is 1.40 bits per heavy atom. The molecular formula is C57H43N. The van der Waals surface area contributed by atoms with Crippen LogP contribution < -0.4 is 4.90 Å². The Balaban J connectivity index is 1.22. The quantitative estimate of drug-likeness (QED) is 0.150. The third-order valence-corrected chi connectivity index (χ3v) is 11.9. The second-order valence-electron chi connectivity index (χ2n) is 15.7. The third kappa shape index (κ3) is 6.13. The van der Waals surface area contributed by atoms with Gasteiger partial charge in [0.1, 0.15) is 0 Å². The van der Waals surface area contributed by atoms with Crippen LogP contribution in [0.2, 0.25) is 0 Å². The minimum Gasteiger partial charge on any atom is -0.310 e. The highest BCUT2D eigenvalue weighted by Crippen LogP contribution is 2.55. The summed E-state index contributed by atoms with van der Waals surface area (Å²) in [6, 6.07) is 81.8. The first-order valence-electron chi connectivity index (χ1n) is 20.2. The number of hydrogen-bond acceptors (Lipinski definition) is 1. The summed E-state index contributed by atoms with van der Waals surface area (Å²) in [6.07, 6.45) is 0. The molecule has 0 N–H and O–H groups in total. The lowest BCUT2D eigenvalue weighted by atomic mass is 9.78. The summed E-state index contributed by atoms with van der Waals surface area (Å²) in [6.45, 7) is 4.79. The van der Waals surface area contributed by atoms with Crippen molar-refractivity contribution in [1.82, 2.24) is 0 Å². The number of nitrogens with zero attached hydrogens (tertiary/aromatic N) is 1. The summed E-state index contributed by atoms with van der Waals surface area (Å²) in [5, 5.41) is 0. The molecule has 0 amide bonds. The lowest BCUT2D eigenvalue weighted by molar-refractivity contribution is 0.662. The van der Waals surface area contributed by atoms with E-state index in [9.17, 15) is 0 Å². The van der Waals surface area contributed by atoms with Gasteiger partial charge in [-0.2, -0.15) is 0 Å². The van der Waals surface area contributed by atoms with E-state index in [-0.39, 0.29) is 5.41 Å². The Morgan fingerprint density at radius 1 is 0.310 bits per heavy atom. The van der Waals surface area contributed by atoms with Gasteiger partial charge in [-0.05, 0) is 103 Å². The molecule has 10 rings (SSSR count). The van der Waals surface area contributed by atoms with Crippen molar-refractivity contribution in [2.45, 2.75) is 19.3 Å². The second-order valence-corrected chi connectivity index (χ2v) is 15.7. The average Bonchev–Trinajstić information content (AvgIpc) is 3.53. The fourth-order valence-electron chi connectivity index (χ4n) is 9.17. The molecule has 0 fully saturated rings. The molecule has 0 aromatic heterocycles. The predicted octanol–water partition coefficient (Wildman–Crippen LogP) is 15.8. The standard InChI is InChI=1S/C57H43N/c1-57(2)53-39-46(37-38-50(53)52-31-17-30-49(56(52)57)44-25-13-6-14-26-44)58(45-35-33-41(34-36-45)40-19-7-3-8-20-40)54-32-18-29-48(43-23-11-5-12-24-43)55(54)51-28-16-15-27-47(51)42-21-9-4-10-22-42/h3-39H,1-2H3. The first-order chi connectivity index (χ1) is 28.6. The van der Waals surface area contributed by atoms with Crippen LogP contribution in [-0.4, -0.2) is 0 Å². The van der Waals surface area contributed by atoms with Crippen LogP contribution >= 0.6 is 0 Å². The van der Waals surface area contributed by atoms with E-state index in [1.54, 1.807) is 0 Å². The maximum absolute atomic E-state index is 2.48. The Bertz CT molecular complexity index is 2880. The minimum atomic E-state index is -0.232. The Kier molecular flexibility index (Phi) is 8.92. The second kappa shape index (κ2) is 14.7. The number of hydrogen-bond donors (Lipinski definition) is 0. The summed E-state index contributed by atoms with van der Waals surface area (Å²) in [5.74, 6) is 0. The Morgan fingerprint density at radius 2 is 0.759 bits per heavy atom. The van der Waals surface area contributed by atoms with Crippen LogP contribution in [0.1, 0.15) is 25.0 Å². The molecule has 276 valence electrons. The lowest BCUT2D eigenvalue weighted by Gasteiger charge is -2.31. The Hall–Kier alpha value is -7.22.